The first kappa shape index (κ1) is 10.7. The highest BCUT2D eigenvalue weighted by molar-refractivity contribution is 6.19. The van der Waals surface area contributed by atoms with E-state index in [2.05, 4.69) is 6.07 Å². The van der Waals surface area contributed by atoms with Crippen LogP contribution in [-0.4, -0.2) is 16.4 Å². The predicted octanol–water partition coefficient (Wildman–Crippen LogP) is 2.78. The van der Waals surface area contributed by atoms with E-state index in [1.165, 1.54) is 0 Å². The number of hydrogen-bond acceptors (Lipinski definition) is 2. The lowest BCUT2D eigenvalue weighted by Crippen LogP contribution is -2.09. The van der Waals surface area contributed by atoms with E-state index >= 15 is 0 Å². The Kier molecular flexibility index (Phi) is 2.93. The second kappa shape index (κ2) is 4.38. The average molecular weight is 233 g/mol. The van der Waals surface area contributed by atoms with E-state index in [4.69, 9.17) is 16.9 Å². The summed E-state index contributed by atoms with van der Waals surface area (Å²) >= 11 is 5.53. The number of fused-ring (bicyclic) bond motifs is 1. The van der Waals surface area contributed by atoms with Gasteiger partial charge in [-0.15, -0.1) is 11.6 Å². The lowest BCUT2D eigenvalue weighted by Gasteiger charge is -2.01. The second-order valence-corrected chi connectivity index (χ2v) is 3.78. The van der Waals surface area contributed by atoms with E-state index in [-0.39, 0.29) is 5.91 Å². The van der Waals surface area contributed by atoms with Crippen molar-refractivity contribution in [3.05, 3.63) is 36.0 Å². The van der Waals surface area contributed by atoms with Gasteiger partial charge in [0.2, 0.25) is 5.91 Å². The number of rotatable bonds is 2. The quantitative estimate of drug-likeness (QED) is 0.748. The number of aromatic nitrogens is 1. The van der Waals surface area contributed by atoms with Crippen LogP contribution in [0.15, 0.2) is 30.5 Å². The Bertz CT molecular complexity index is 580. The van der Waals surface area contributed by atoms with Crippen LogP contribution in [0.1, 0.15) is 16.8 Å². The zero-order valence-corrected chi connectivity index (χ0v) is 9.24. The van der Waals surface area contributed by atoms with Crippen molar-refractivity contribution >= 4 is 28.4 Å². The SMILES string of the molecule is N#Cc1ccc2c(ccn2C(=O)CCCl)c1. The van der Waals surface area contributed by atoms with Gasteiger partial charge in [-0.2, -0.15) is 5.26 Å². The summed E-state index contributed by atoms with van der Waals surface area (Å²) < 4.78 is 1.57. The minimum atomic E-state index is -0.0327. The molecule has 16 heavy (non-hydrogen) atoms. The van der Waals surface area contributed by atoms with Crippen molar-refractivity contribution in [2.45, 2.75) is 6.42 Å². The Balaban J connectivity index is 2.50. The van der Waals surface area contributed by atoms with Crippen LogP contribution >= 0.6 is 11.6 Å². The van der Waals surface area contributed by atoms with Crippen molar-refractivity contribution in [3.8, 4) is 6.07 Å². The largest absolute Gasteiger partial charge is 0.287 e. The van der Waals surface area contributed by atoms with Crippen molar-refractivity contribution in [2.75, 3.05) is 5.88 Å². The molecule has 0 saturated heterocycles. The third kappa shape index (κ3) is 1.80. The fourth-order valence-corrected chi connectivity index (χ4v) is 1.79. The molecule has 3 nitrogen and oxygen atoms in total. The fraction of sp³-hybridized carbons (Fsp3) is 0.167. The summed E-state index contributed by atoms with van der Waals surface area (Å²) in [6.07, 6.45) is 2.02. The van der Waals surface area contributed by atoms with E-state index in [1.54, 1.807) is 29.0 Å². The Labute approximate surface area is 97.8 Å². The molecule has 0 atom stereocenters. The van der Waals surface area contributed by atoms with Gasteiger partial charge in [0.15, 0.2) is 0 Å². The average Bonchev–Trinajstić information content (AvgIpc) is 2.71. The Morgan fingerprint density at radius 1 is 1.44 bits per heavy atom. The van der Waals surface area contributed by atoms with Crippen LogP contribution in [0.3, 0.4) is 0 Å². The summed E-state index contributed by atoms with van der Waals surface area (Å²) in [4.78, 5) is 11.7. The van der Waals surface area contributed by atoms with Crippen LogP contribution in [0, 0.1) is 11.3 Å². The number of nitrogens with zero attached hydrogens (tertiary/aromatic N) is 2. The Morgan fingerprint density at radius 3 is 2.94 bits per heavy atom. The molecule has 0 spiro atoms. The van der Waals surface area contributed by atoms with Crippen molar-refractivity contribution in [1.29, 1.82) is 5.26 Å². The molecule has 0 N–H and O–H groups in total. The number of benzene rings is 1. The second-order valence-electron chi connectivity index (χ2n) is 3.40. The summed E-state index contributed by atoms with van der Waals surface area (Å²) in [6.45, 7) is 0. The van der Waals surface area contributed by atoms with Crippen LogP contribution in [-0.2, 0) is 0 Å². The monoisotopic (exact) mass is 232 g/mol. The summed E-state index contributed by atoms with van der Waals surface area (Å²) in [5.41, 5.74) is 1.41. The Hall–Kier alpha value is -1.79. The molecule has 80 valence electrons. The summed E-state index contributed by atoms with van der Waals surface area (Å²) in [5.74, 6) is 0.282. The van der Waals surface area contributed by atoms with Gasteiger partial charge in [-0.1, -0.05) is 0 Å². The van der Waals surface area contributed by atoms with Gasteiger partial charge < -0.3 is 0 Å². The maximum atomic E-state index is 11.7. The van der Waals surface area contributed by atoms with Gasteiger partial charge in [0.05, 0.1) is 17.1 Å². The molecule has 0 radical (unpaired) electrons. The normalized spacial score (nSPS) is 10.2. The highest BCUT2D eigenvalue weighted by atomic mass is 35.5. The smallest absolute Gasteiger partial charge is 0.232 e. The predicted molar refractivity (Wildman–Crippen MR) is 62.6 cm³/mol. The van der Waals surface area contributed by atoms with Gasteiger partial charge in [0.25, 0.3) is 0 Å². The molecule has 4 heteroatoms. The number of alkyl halides is 1. The minimum absolute atomic E-state index is 0.0327. The third-order valence-electron chi connectivity index (χ3n) is 2.40. The summed E-state index contributed by atoms with van der Waals surface area (Å²) in [5, 5.41) is 9.65. The number of nitriles is 1. The molecular formula is C12H9ClN2O. The van der Waals surface area contributed by atoms with Gasteiger partial charge in [-0.3, -0.25) is 9.36 Å². The Morgan fingerprint density at radius 2 is 2.25 bits per heavy atom. The van der Waals surface area contributed by atoms with Gasteiger partial charge in [0.1, 0.15) is 0 Å². The van der Waals surface area contributed by atoms with E-state index < -0.39 is 0 Å². The molecule has 2 aromatic rings. The van der Waals surface area contributed by atoms with Crippen LogP contribution in [0.4, 0.5) is 0 Å². The van der Waals surface area contributed by atoms with Crippen LogP contribution in [0.2, 0.25) is 0 Å². The number of carbonyl (C=O) groups is 1. The molecule has 1 aromatic heterocycles. The number of halogens is 1. The first-order valence-corrected chi connectivity index (χ1v) is 5.40. The molecule has 0 bridgehead atoms. The molecule has 1 aromatic carbocycles. The third-order valence-corrected chi connectivity index (χ3v) is 2.59. The molecule has 1 heterocycles. The maximum Gasteiger partial charge on any atom is 0.232 e. The molecule has 0 fully saturated rings. The van der Waals surface area contributed by atoms with Crippen molar-refractivity contribution < 1.29 is 4.79 Å². The van der Waals surface area contributed by atoms with Crippen LogP contribution in [0.25, 0.3) is 10.9 Å². The standard InChI is InChI=1S/C12H9ClN2O/c13-5-3-12(16)15-6-4-10-7-9(8-14)1-2-11(10)15/h1-2,4,6-7H,3,5H2. The number of carbonyl (C=O) groups excluding carboxylic acids is 1. The van der Waals surface area contributed by atoms with Crippen molar-refractivity contribution in [1.82, 2.24) is 4.57 Å². The van der Waals surface area contributed by atoms with Gasteiger partial charge in [-0.05, 0) is 24.3 Å². The van der Waals surface area contributed by atoms with Gasteiger partial charge in [-0.25, -0.2) is 0 Å². The maximum absolute atomic E-state index is 11.7. The first-order valence-electron chi connectivity index (χ1n) is 4.86. The molecular weight excluding hydrogens is 224 g/mol. The van der Waals surface area contributed by atoms with E-state index in [1.807, 2.05) is 6.07 Å². The van der Waals surface area contributed by atoms with Gasteiger partial charge >= 0.3 is 0 Å². The molecule has 0 aliphatic heterocycles. The number of hydrogen-bond donors (Lipinski definition) is 0. The van der Waals surface area contributed by atoms with Gasteiger partial charge in [0, 0.05) is 23.9 Å². The van der Waals surface area contributed by atoms with Crippen molar-refractivity contribution in [3.63, 3.8) is 0 Å². The first-order chi connectivity index (χ1) is 7.76. The molecule has 0 amide bonds. The highest BCUT2D eigenvalue weighted by Crippen LogP contribution is 2.17. The lowest BCUT2D eigenvalue weighted by molar-refractivity contribution is 0.0915. The van der Waals surface area contributed by atoms with E-state index in [9.17, 15) is 4.79 Å². The zero-order chi connectivity index (χ0) is 11.5. The molecule has 0 unspecified atom stereocenters. The van der Waals surface area contributed by atoms with E-state index in [0.717, 1.165) is 10.9 Å². The highest BCUT2D eigenvalue weighted by Gasteiger charge is 2.08. The molecule has 0 aliphatic rings. The summed E-state index contributed by atoms with van der Waals surface area (Å²) in [6, 6.07) is 9.13. The minimum Gasteiger partial charge on any atom is -0.287 e. The van der Waals surface area contributed by atoms with E-state index in [0.29, 0.717) is 17.9 Å². The van der Waals surface area contributed by atoms with Crippen LogP contribution < -0.4 is 0 Å². The molecule has 0 aliphatic carbocycles. The lowest BCUT2D eigenvalue weighted by atomic mass is 10.2. The topological polar surface area (TPSA) is 45.8 Å². The zero-order valence-electron chi connectivity index (χ0n) is 8.48. The molecule has 0 saturated carbocycles. The van der Waals surface area contributed by atoms with Crippen LogP contribution in [0.5, 0.6) is 0 Å². The fourth-order valence-electron chi connectivity index (χ4n) is 1.63. The summed E-state index contributed by atoms with van der Waals surface area (Å²) in [7, 11) is 0. The van der Waals surface area contributed by atoms with Crippen molar-refractivity contribution in [2.24, 2.45) is 0 Å². The molecule has 2 rings (SSSR count).